The van der Waals surface area contributed by atoms with Gasteiger partial charge in [-0.3, -0.25) is 4.79 Å². The first-order valence-corrected chi connectivity index (χ1v) is 11.7. The zero-order valence-electron chi connectivity index (χ0n) is 17.0. The maximum Gasteiger partial charge on any atom is 0.337 e. The summed E-state index contributed by atoms with van der Waals surface area (Å²) in [5.74, 6) is -2.32. The molecule has 1 aliphatic rings. The molecular weight excluding hydrogens is 444 g/mol. The van der Waals surface area contributed by atoms with Crippen molar-refractivity contribution in [3.05, 3.63) is 46.8 Å². The van der Waals surface area contributed by atoms with E-state index >= 15 is 0 Å². The van der Waals surface area contributed by atoms with Crippen LogP contribution in [-0.4, -0.2) is 57.9 Å². The summed E-state index contributed by atoms with van der Waals surface area (Å²) in [5.41, 5.74) is 0.365. The number of carbonyl (C=O) groups excluding carboxylic acids is 3. The number of thiophene rings is 1. The van der Waals surface area contributed by atoms with Gasteiger partial charge < -0.3 is 14.8 Å². The summed E-state index contributed by atoms with van der Waals surface area (Å²) in [6.07, 6.45) is 1.06. The van der Waals surface area contributed by atoms with Crippen LogP contribution in [0.2, 0.25) is 0 Å². The standard InChI is InChI=1S/C20H22N2O7S2/c1-28-19(24)14-9-15(20(25)29-2)11-16(10-14)21-18(23)13-5-3-7-22(12-13)31(26,27)17-6-4-8-30-17/h4,6,8-11,13H,3,5,7,12H2,1-2H3,(H,21,23)/t13-/m0/s1. The number of hydrogen-bond donors (Lipinski definition) is 1. The first-order valence-electron chi connectivity index (χ1n) is 9.42. The molecule has 1 aromatic heterocycles. The average Bonchev–Trinajstić information content (AvgIpc) is 3.33. The number of benzene rings is 1. The van der Waals surface area contributed by atoms with Gasteiger partial charge in [-0.25, -0.2) is 18.0 Å². The summed E-state index contributed by atoms with van der Waals surface area (Å²) in [7, 11) is -1.24. The second-order valence-electron chi connectivity index (χ2n) is 6.91. The Bertz CT molecular complexity index is 1050. The lowest BCUT2D eigenvalue weighted by atomic mass is 9.98. The average molecular weight is 467 g/mol. The second kappa shape index (κ2) is 9.58. The zero-order valence-corrected chi connectivity index (χ0v) is 18.6. The minimum Gasteiger partial charge on any atom is -0.465 e. The molecule has 2 aromatic rings. The van der Waals surface area contributed by atoms with Crippen LogP contribution in [0.3, 0.4) is 0 Å². The quantitative estimate of drug-likeness (QED) is 0.649. The van der Waals surface area contributed by atoms with E-state index in [9.17, 15) is 22.8 Å². The van der Waals surface area contributed by atoms with Crippen LogP contribution < -0.4 is 5.32 Å². The summed E-state index contributed by atoms with van der Waals surface area (Å²) in [5, 5.41) is 4.37. The molecule has 31 heavy (non-hydrogen) atoms. The number of methoxy groups -OCH3 is 2. The maximum atomic E-state index is 12.9. The van der Waals surface area contributed by atoms with Crippen molar-refractivity contribution in [3.63, 3.8) is 0 Å². The molecular formula is C20H22N2O7S2. The van der Waals surface area contributed by atoms with E-state index in [-0.39, 0.29) is 27.6 Å². The van der Waals surface area contributed by atoms with E-state index in [2.05, 4.69) is 5.32 Å². The summed E-state index contributed by atoms with van der Waals surface area (Å²) >= 11 is 1.13. The molecule has 1 amide bonds. The fourth-order valence-corrected chi connectivity index (χ4v) is 6.00. The fourth-order valence-electron chi connectivity index (χ4n) is 3.33. The van der Waals surface area contributed by atoms with Crippen molar-refractivity contribution in [1.29, 1.82) is 0 Å². The Kier molecular flexibility index (Phi) is 7.08. The number of anilines is 1. The number of nitrogens with zero attached hydrogens (tertiary/aromatic N) is 1. The number of piperidine rings is 1. The van der Waals surface area contributed by atoms with Gasteiger partial charge in [-0.1, -0.05) is 6.07 Å². The largest absolute Gasteiger partial charge is 0.465 e. The molecule has 11 heteroatoms. The van der Waals surface area contributed by atoms with E-state index < -0.39 is 33.8 Å². The normalized spacial score (nSPS) is 17.0. The van der Waals surface area contributed by atoms with E-state index in [1.807, 2.05) is 0 Å². The number of sulfonamides is 1. The summed E-state index contributed by atoms with van der Waals surface area (Å²) in [6, 6.07) is 7.29. The van der Waals surface area contributed by atoms with E-state index in [0.717, 1.165) is 11.3 Å². The van der Waals surface area contributed by atoms with Gasteiger partial charge in [0.05, 0.1) is 31.3 Å². The fraction of sp³-hybridized carbons (Fsp3) is 0.350. The third-order valence-electron chi connectivity index (χ3n) is 4.89. The predicted molar refractivity (Wildman–Crippen MR) is 114 cm³/mol. The van der Waals surface area contributed by atoms with Crippen molar-refractivity contribution in [2.75, 3.05) is 32.6 Å². The van der Waals surface area contributed by atoms with E-state index in [1.165, 1.54) is 42.8 Å². The lowest BCUT2D eigenvalue weighted by molar-refractivity contribution is -0.120. The molecule has 1 N–H and O–H groups in total. The van der Waals surface area contributed by atoms with Crippen LogP contribution in [0, 0.1) is 5.92 Å². The van der Waals surface area contributed by atoms with Gasteiger partial charge in [-0.15, -0.1) is 11.3 Å². The third-order valence-corrected chi connectivity index (χ3v) is 8.13. The van der Waals surface area contributed by atoms with Gasteiger partial charge in [0, 0.05) is 18.8 Å². The molecule has 2 heterocycles. The van der Waals surface area contributed by atoms with E-state index in [0.29, 0.717) is 19.4 Å². The summed E-state index contributed by atoms with van der Waals surface area (Å²) in [4.78, 5) is 36.7. The Hall–Kier alpha value is -2.76. The summed E-state index contributed by atoms with van der Waals surface area (Å²) < 4.78 is 36.5. The molecule has 9 nitrogen and oxygen atoms in total. The molecule has 0 saturated carbocycles. The lowest BCUT2D eigenvalue weighted by Gasteiger charge is -2.30. The first-order chi connectivity index (χ1) is 14.8. The highest BCUT2D eigenvalue weighted by Crippen LogP contribution is 2.27. The molecule has 0 bridgehead atoms. The Morgan fingerprint density at radius 2 is 1.74 bits per heavy atom. The topological polar surface area (TPSA) is 119 Å². The van der Waals surface area contributed by atoms with Crippen molar-refractivity contribution in [2.24, 2.45) is 5.92 Å². The van der Waals surface area contributed by atoms with Gasteiger partial charge in [-0.2, -0.15) is 4.31 Å². The monoisotopic (exact) mass is 466 g/mol. The van der Waals surface area contributed by atoms with Crippen molar-refractivity contribution in [1.82, 2.24) is 4.31 Å². The number of ether oxygens (including phenoxy) is 2. The zero-order chi connectivity index (χ0) is 22.6. The van der Waals surface area contributed by atoms with Crippen LogP contribution in [0.15, 0.2) is 39.9 Å². The van der Waals surface area contributed by atoms with Gasteiger partial charge in [-0.05, 0) is 42.5 Å². The van der Waals surface area contributed by atoms with Gasteiger partial charge in [0.15, 0.2) is 0 Å². The van der Waals surface area contributed by atoms with Gasteiger partial charge in [0.1, 0.15) is 4.21 Å². The van der Waals surface area contributed by atoms with Crippen molar-refractivity contribution in [3.8, 4) is 0 Å². The van der Waals surface area contributed by atoms with Crippen LogP contribution in [0.5, 0.6) is 0 Å². The van der Waals surface area contributed by atoms with Crippen LogP contribution in [-0.2, 0) is 24.3 Å². The minimum atomic E-state index is -3.65. The van der Waals surface area contributed by atoms with Gasteiger partial charge in [0.25, 0.3) is 10.0 Å². The first kappa shape index (κ1) is 22.9. The van der Waals surface area contributed by atoms with Crippen LogP contribution in [0.1, 0.15) is 33.6 Å². The third kappa shape index (κ3) is 5.12. The van der Waals surface area contributed by atoms with Crippen LogP contribution in [0.4, 0.5) is 5.69 Å². The number of amides is 1. The number of hydrogen-bond acceptors (Lipinski definition) is 8. The number of esters is 2. The Morgan fingerprint density at radius 3 is 2.29 bits per heavy atom. The summed E-state index contributed by atoms with van der Waals surface area (Å²) in [6.45, 7) is 0.390. The smallest absolute Gasteiger partial charge is 0.337 e. The van der Waals surface area contributed by atoms with Crippen molar-refractivity contribution >= 4 is 44.9 Å². The van der Waals surface area contributed by atoms with Crippen molar-refractivity contribution in [2.45, 2.75) is 17.1 Å². The minimum absolute atomic E-state index is 0.0482. The molecule has 1 aromatic carbocycles. The molecule has 166 valence electrons. The Balaban J connectivity index is 1.79. The lowest BCUT2D eigenvalue weighted by Crippen LogP contribution is -2.43. The Morgan fingerprint density at radius 1 is 1.10 bits per heavy atom. The number of nitrogens with one attached hydrogen (secondary N) is 1. The van der Waals surface area contributed by atoms with Gasteiger partial charge >= 0.3 is 11.9 Å². The molecule has 0 radical (unpaired) electrons. The van der Waals surface area contributed by atoms with Crippen LogP contribution in [0.25, 0.3) is 0 Å². The molecule has 1 aliphatic heterocycles. The maximum absolute atomic E-state index is 12.9. The molecule has 0 unspecified atom stereocenters. The highest BCUT2D eigenvalue weighted by atomic mass is 32.2. The highest BCUT2D eigenvalue weighted by Gasteiger charge is 2.34. The second-order valence-corrected chi connectivity index (χ2v) is 10.0. The highest BCUT2D eigenvalue weighted by molar-refractivity contribution is 7.91. The molecule has 1 fully saturated rings. The molecule has 3 rings (SSSR count). The van der Waals surface area contributed by atoms with E-state index in [4.69, 9.17) is 9.47 Å². The molecule has 0 spiro atoms. The Labute approximate surface area is 184 Å². The number of rotatable bonds is 6. The molecule has 0 aliphatic carbocycles. The number of carbonyl (C=O) groups is 3. The van der Waals surface area contributed by atoms with Gasteiger partial charge in [0.2, 0.25) is 5.91 Å². The van der Waals surface area contributed by atoms with Crippen LogP contribution >= 0.6 is 11.3 Å². The molecule has 1 atom stereocenters. The van der Waals surface area contributed by atoms with E-state index in [1.54, 1.807) is 11.4 Å². The molecule has 1 saturated heterocycles. The SMILES string of the molecule is COC(=O)c1cc(NC(=O)[C@H]2CCCN(S(=O)(=O)c3cccs3)C2)cc(C(=O)OC)c1. The predicted octanol–water partition coefficient (Wildman–Crippen LogP) is 2.36. The van der Waals surface area contributed by atoms with Crippen molar-refractivity contribution < 1.29 is 32.3 Å².